The minimum atomic E-state index is -4.04. The molecule has 2 nitrogen and oxygen atoms in total. The molecule has 2 atom stereocenters. The molecule has 1 saturated heterocycles. The fourth-order valence-electron chi connectivity index (χ4n) is 2.57. The minimum Gasteiger partial charge on any atom is -0.317 e. The van der Waals surface area contributed by atoms with E-state index in [1.165, 1.54) is 0 Å². The van der Waals surface area contributed by atoms with E-state index < -0.39 is 12.1 Å². The molecule has 108 valence electrons. The standard InChI is InChI=1S/C13H25F3N2/c1-10(17-4)12(2,3)9-18-7-5-6-11(8-18)13(14,15)16/h10-11,17H,5-9H2,1-4H3. The molecule has 0 aromatic heterocycles. The van der Waals surface area contributed by atoms with Gasteiger partial charge in [-0.15, -0.1) is 0 Å². The van der Waals surface area contributed by atoms with Crippen molar-refractivity contribution in [2.75, 3.05) is 26.7 Å². The molecule has 0 amide bonds. The van der Waals surface area contributed by atoms with E-state index in [0.29, 0.717) is 13.0 Å². The second-order valence-corrected chi connectivity index (χ2v) is 6.11. The average molecular weight is 266 g/mol. The summed E-state index contributed by atoms with van der Waals surface area (Å²) in [6, 6.07) is 0.281. The van der Waals surface area contributed by atoms with Crippen molar-refractivity contribution in [3.8, 4) is 0 Å². The van der Waals surface area contributed by atoms with Gasteiger partial charge in [0.15, 0.2) is 0 Å². The number of halogens is 3. The van der Waals surface area contributed by atoms with Crippen LogP contribution in [0.5, 0.6) is 0 Å². The zero-order valence-corrected chi connectivity index (χ0v) is 11.8. The number of hydrogen-bond acceptors (Lipinski definition) is 2. The summed E-state index contributed by atoms with van der Waals surface area (Å²) in [5.74, 6) is -1.15. The van der Waals surface area contributed by atoms with Crippen molar-refractivity contribution in [2.45, 2.75) is 45.8 Å². The van der Waals surface area contributed by atoms with Gasteiger partial charge in [-0.25, -0.2) is 0 Å². The van der Waals surface area contributed by atoms with Gasteiger partial charge in [0.1, 0.15) is 0 Å². The molecule has 0 saturated carbocycles. The summed E-state index contributed by atoms with van der Waals surface area (Å²) in [5.41, 5.74) is -0.0256. The van der Waals surface area contributed by atoms with Crippen molar-refractivity contribution in [1.82, 2.24) is 10.2 Å². The van der Waals surface area contributed by atoms with Crippen LogP contribution in [0.4, 0.5) is 13.2 Å². The van der Waals surface area contributed by atoms with Crippen LogP contribution >= 0.6 is 0 Å². The van der Waals surface area contributed by atoms with Gasteiger partial charge in [-0.3, -0.25) is 0 Å². The first-order valence-corrected chi connectivity index (χ1v) is 6.63. The molecule has 0 aromatic carbocycles. The fourth-order valence-corrected chi connectivity index (χ4v) is 2.57. The molecule has 0 aromatic rings. The van der Waals surface area contributed by atoms with Crippen LogP contribution in [0.25, 0.3) is 0 Å². The van der Waals surface area contributed by atoms with E-state index in [1.54, 1.807) is 0 Å². The number of piperidine rings is 1. The minimum absolute atomic E-state index is 0.0256. The van der Waals surface area contributed by atoms with Crippen LogP contribution in [-0.4, -0.2) is 43.8 Å². The van der Waals surface area contributed by atoms with Crippen molar-refractivity contribution in [2.24, 2.45) is 11.3 Å². The highest BCUT2D eigenvalue weighted by Crippen LogP contribution is 2.34. The van der Waals surface area contributed by atoms with Crippen molar-refractivity contribution in [3.63, 3.8) is 0 Å². The Bertz CT molecular complexity index is 263. The fraction of sp³-hybridized carbons (Fsp3) is 1.00. The first kappa shape index (κ1) is 15.8. The highest BCUT2D eigenvalue weighted by atomic mass is 19.4. The average Bonchev–Trinajstić information content (AvgIpc) is 2.26. The van der Waals surface area contributed by atoms with Gasteiger partial charge >= 0.3 is 6.18 Å². The summed E-state index contributed by atoms with van der Waals surface area (Å²) in [4.78, 5) is 1.97. The van der Waals surface area contributed by atoms with Crippen molar-refractivity contribution in [1.29, 1.82) is 0 Å². The smallest absolute Gasteiger partial charge is 0.317 e. The SMILES string of the molecule is CNC(C)C(C)(C)CN1CCCC(C(F)(F)F)C1. The zero-order chi connectivity index (χ0) is 14.0. The van der Waals surface area contributed by atoms with Gasteiger partial charge < -0.3 is 10.2 Å². The molecular formula is C13H25F3N2. The monoisotopic (exact) mass is 266 g/mol. The topological polar surface area (TPSA) is 15.3 Å². The third-order valence-electron chi connectivity index (χ3n) is 4.20. The van der Waals surface area contributed by atoms with Crippen LogP contribution < -0.4 is 5.32 Å². The van der Waals surface area contributed by atoms with Gasteiger partial charge in [-0.2, -0.15) is 13.2 Å². The Morgan fingerprint density at radius 3 is 2.44 bits per heavy atom. The van der Waals surface area contributed by atoms with Crippen LogP contribution in [-0.2, 0) is 0 Å². The van der Waals surface area contributed by atoms with E-state index in [1.807, 2.05) is 11.9 Å². The lowest BCUT2D eigenvalue weighted by molar-refractivity contribution is -0.187. The Labute approximate surface area is 108 Å². The largest absolute Gasteiger partial charge is 0.393 e. The van der Waals surface area contributed by atoms with Gasteiger partial charge in [0, 0.05) is 19.1 Å². The molecule has 1 aliphatic heterocycles. The van der Waals surface area contributed by atoms with Crippen LogP contribution in [0.15, 0.2) is 0 Å². The highest BCUT2D eigenvalue weighted by molar-refractivity contribution is 4.86. The van der Waals surface area contributed by atoms with E-state index in [-0.39, 0.29) is 24.4 Å². The van der Waals surface area contributed by atoms with Crippen LogP contribution in [0, 0.1) is 11.3 Å². The molecule has 18 heavy (non-hydrogen) atoms. The van der Waals surface area contributed by atoms with Gasteiger partial charge in [-0.05, 0) is 38.8 Å². The summed E-state index contributed by atoms with van der Waals surface area (Å²) >= 11 is 0. The van der Waals surface area contributed by atoms with E-state index in [4.69, 9.17) is 0 Å². The molecular weight excluding hydrogens is 241 g/mol. The normalized spacial score (nSPS) is 25.2. The summed E-state index contributed by atoms with van der Waals surface area (Å²) in [6.45, 7) is 7.93. The maximum absolute atomic E-state index is 12.7. The van der Waals surface area contributed by atoms with Gasteiger partial charge in [0.05, 0.1) is 5.92 Å². The lowest BCUT2D eigenvalue weighted by Gasteiger charge is -2.41. The second-order valence-electron chi connectivity index (χ2n) is 6.11. The zero-order valence-electron chi connectivity index (χ0n) is 11.8. The molecule has 0 aliphatic carbocycles. The Hall–Kier alpha value is -0.290. The van der Waals surface area contributed by atoms with Crippen molar-refractivity contribution in [3.05, 3.63) is 0 Å². The number of alkyl halides is 3. The summed E-state index contributed by atoms with van der Waals surface area (Å²) in [5, 5.41) is 3.19. The first-order chi connectivity index (χ1) is 8.16. The number of hydrogen-bond donors (Lipinski definition) is 1. The summed E-state index contributed by atoms with van der Waals surface area (Å²) in [7, 11) is 1.89. The maximum atomic E-state index is 12.7. The Morgan fingerprint density at radius 1 is 1.33 bits per heavy atom. The van der Waals surface area contributed by atoms with E-state index in [2.05, 4.69) is 26.1 Å². The van der Waals surface area contributed by atoms with Crippen LogP contribution in [0.1, 0.15) is 33.6 Å². The third-order valence-corrected chi connectivity index (χ3v) is 4.20. The quantitative estimate of drug-likeness (QED) is 0.841. The number of nitrogens with one attached hydrogen (secondary N) is 1. The van der Waals surface area contributed by atoms with E-state index in [9.17, 15) is 13.2 Å². The molecule has 1 N–H and O–H groups in total. The first-order valence-electron chi connectivity index (χ1n) is 6.63. The molecule has 0 bridgehead atoms. The van der Waals surface area contributed by atoms with Gasteiger partial charge in [-0.1, -0.05) is 13.8 Å². The molecule has 5 heteroatoms. The van der Waals surface area contributed by atoms with Gasteiger partial charge in [0.2, 0.25) is 0 Å². The van der Waals surface area contributed by atoms with E-state index >= 15 is 0 Å². The Balaban J connectivity index is 2.58. The van der Waals surface area contributed by atoms with Crippen molar-refractivity contribution >= 4 is 0 Å². The molecule has 1 heterocycles. The van der Waals surface area contributed by atoms with Crippen molar-refractivity contribution < 1.29 is 13.2 Å². The highest BCUT2D eigenvalue weighted by Gasteiger charge is 2.42. The predicted molar refractivity (Wildman–Crippen MR) is 67.5 cm³/mol. The maximum Gasteiger partial charge on any atom is 0.393 e. The van der Waals surface area contributed by atoms with Gasteiger partial charge in [0.25, 0.3) is 0 Å². The lowest BCUT2D eigenvalue weighted by Crippen LogP contribution is -2.49. The molecule has 1 aliphatic rings. The molecule has 0 radical (unpaired) electrons. The Morgan fingerprint density at radius 2 is 1.94 bits per heavy atom. The summed E-state index contributed by atoms with van der Waals surface area (Å²) < 4.78 is 38.2. The third kappa shape index (κ3) is 4.12. The summed E-state index contributed by atoms with van der Waals surface area (Å²) in [6.07, 6.45) is -3.12. The number of likely N-dealkylation sites (tertiary alicyclic amines) is 1. The molecule has 0 spiro atoms. The van der Waals surface area contributed by atoms with Crippen LogP contribution in [0.2, 0.25) is 0 Å². The molecule has 2 unspecified atom stereocenters. The van der Waals surface area contributed by atoms with E-state index in [0.717, 1.165) is 6.54 Å². The second kappa shape index (κ2) is 5.78. The number of nitrogens with zero attached hydrogens (tertiary/aromatic N) is 1. The lowest BCUT2D eigenvalue weighted by atomic mass is 9.83. The number of rotatable bonds is 4. The molecule has 1 rings (SSSR count). The predicted octanol–water partition coefficient (Wildman–Crippen LogP) is 2.89. The Kier molecular flexibility index (Phi) is 5.06. The molecule has 1 fully saturated rings. The van der Waals surface area contributed by atoms with Crippen LogP contribution in [0.3, 0.4) is 0 Å².